The van der Waals surface area contributed by atoms with E-state index in [9.17, 15) is 0 Å². The second-order valence-corrected chi connectivity index (χ2v) is 7.22. The Hall–Kier alpha value is 0.730. The third-order valence-corrected chi connectivity index (χ3v) is 7.20. The van der Waals surface area contributed by atoms with Crippen LogP contribution < -0.4 is 0 Å². The molecule has 2 saturated carbocycles. The van der Waals surface area contributed by atoms with Crippen molar-refractivity contribution in [2.24, 2.45) is 10.8 Å². The van der Waals surface area contributed by atoms with Gasteiger partial charge in [-0.3, -0.25) is 0 Å². The minimum atomic E-state index is 0.584. The van der Waals surface area contributed by atoms with E-state index in [1.165, 1.54) is 25.7 Å². The van der Waals surface area contributed by atoms with Gasteiger partial charge in [-0.05, 0) is 36.5 Å². The lowest BCUT2D eigenvalue weighted by atomic mass is 9.71. The number of hydrogen-bond donors (Lipinski definition) is 0. The number of hydrogen-bond acceptors (Lipinski definition) is 0. The molecule has 0 amide bonds. The summed E-state index contributed by atoms with van der Waals surface area (Å²) in [4.78, 5) is 0. The van der Waals surface area contributed by atoms with Crippen LogP contribution in [0.4, 0.5) is 0 Å². The van der Waals surface area contributed by atoms with Crippen LogP contribution >= 0.6 is 22.6 Å². The Bertz CT molecular complexity index is 165. The summed E-state index contributed by atoms with van der Waals surface area (Å²) in [5, 5.41) is 0. The molecule has 0 nitrogen and oxygen atoms in total. The number of halogens is 1. The number of alkyl halides is 1. The zero-order valence-corrected chi connectivity index (χ0v) is 9.86. The summed E-state index contributed by atoms with van der Waals surface area (Å²) in [6.45, 7) is 7.43. The van der Waals surface area contributed by atoms with E-state index in [1.807, 2.05) is 0 Å². The van der Waals surface area contributed by atoms with Crippen LogP contribution in [0.5, 0.6) is 0 Å². The standard InChI is InChI=1S/C10H17I/c1-8(2)9(3)4-6-10(8,11)7-5-9/h4-7H2,1-3H3. The molecule has 2 aliphatic rings. The van der Waals surface area contributed by atoms with Gasteiger partial charge < -0.3 is 0 Å². The molecule has 2 aliphatic carbocycles. The molecule has 0 N–H and O–H groups in total. The predicted molar refractivity (Wildman–Crippen MR) is 57.1 cm³/mol. The summed E-state index contributed by atoms with van der Waals surface area (Å²) in [5.74, 6) is 0. The maximum absolute atomic E-state index is 2.72. The van der Waals surface area contributed by atoms with Crippen molar-refractivity contribution in [1.29, 1.82) is 0 Å². The van der Waals surface area contributed by atoms with Crippen LogP contribution in [0.1, 0.15) is 46.5 Å². The summed E-state index contributed by atoms with van der Waals surface area (Å²) >= 11 is 2.72. The van der Waals surface area contributed by atoms with Gasteiger partial charge in [0, 0.05) is 3.42 Å². The molecule has 0 aromatic rings. The molecule has 1 heteroatoms. The first kappa shape index (κ1) is 8.33. The van der Waals surface area contributed by atoms with Crippen molar-refractivity contribution in [3.05, 3.63) is 0 Å². The van der Waals surface area contributed by atoms with Crippen LogP contribution in [0.25, 0.3) is 0 Å². The lowest BCUT2D eigenvalue weighted by molar-refractivity contribution is 0.164. The fourth-order valence-corrected chi connectivity index (χ4v) is 4.18. The predicted octanol–water partition coefficient (Wildman–Crippen LogP) is 3.78. The van der Waals surface area contributed by atoms with E-state index in [1.54, 1.807) is 0 Å². The fourth-order valence-electron chi connectivity index (χ4n) is 2.99. The van der Waals surface area contributed by atoms with E-state index >= 15 is 0 Å². The van der Waals surface area contributed by atoms with Crippen molar-refractivity contribution in [2.75, 3.05) is 0 Å². The summed E-state index contributed by atoms with van der Waals surface area (Å²) in [6, 6.07) is 0. The van der Waals surface area contributed by atoms with Crippen LogP contribution in [-0.2, 0) is 0 Å². The lowest BCUT2D eigenvalue weighted by Gasteiger charge is -2.37. The van der Waals surface area contributed by atoms with Gasteiger partial charge in [-0.1, -0.05) is 43.4 Å². The van der Waals surface area contributed by atoms with Gasteiger partial charge in [0.25, 0.3) is 0 Å². The smallest absolute Gasteiger partial charge is 0.0278 e. The number of rotatable bonds is 0. The second kappa shape index (κ2) is 1.97. The zero-order valence-electron chi connectivity index (χ0n) is 7.71. The van der Waals surface area contributed by atoms with E-state index < -0.39 is 0 Å². The van der Waals surface area contributed by atoms with Gasteiger partial charge in [-0.2, -0.15) is 0 Å². The molecule has 0 atom stereocenters. The molecule has 0 aliphatic heterocycles. The van der Waals surface area contributed by atoms with Crippen molar-refractivity contribution in [1.82, 2.24) is 0 Å². The Morgan fingerprint density at radius 2 is 1.36 bits per heavy atom. The minimum absolute atomic E-state index is 0.584. The average molecular weight is 264 g/mol. The highest BCUT2D eigenvalue weighted by atomic mass is 127. The van der Waals surface area contributed by atoms with Crippen molar-refractivity contribution < 1.29 is 0 Å². The molecule has 2 bridgehead atoms. The number of fused-ring (bicyclic) bond motifs is 2. The Labute approximate surface area is 83.3 Å². The second-order valence-electron chi connectivity index (χ2n) is 5.15. The SMILES string of the molecule is CC12CCC(I)(CC1)C2(C)C. The Morgan fingerprint density at radius 1 is 0.909 bits per heavy atom. The first-order chi connectivity index (χ1) is 4.91. The molecular formula is C10H17I. The molecule has 0 aromatic carbocycles. The van der Waals surface area contributed by atoms with E-state index in [-0.39, 0.29) is 0 Å². The lowest BCUT2D eigenvalue weighted by Crippen LogP contribution is -2.34. The molecule has 0 aromatic heterocycles. The monoisotopic (exact) mass is 264 g/mol. The van der Waals surface area contributed by atoms with Crippen LogP contribution in [0.3, 0.4) is 0 Å². The summed E-state index contributed by atoms with van der Waals surface area (Å²) in [5.41, 5.74) is 1.24. The molecule has 0 radical (unpaired) electrons. The largest absolute Gasteiger partial charge is 0.0783 e. The molecule has 0 saturated heterocycles. The molecule has 0 unspecified atom stereocenters. The van der Waals surface area contributed by atoms with Gasteiger partial charge in [0.2, 0.25) is 0 Å². The molecule has 0 spiro atoms. The van der Waals surface area contributed by atoms with E-state index in [2.05, 4.69) is 43.4 Å². The van der Waals surface area contributed by atoms with Crippen LogP contribution in [0.15, 0.2) is 0 Å². The maximum Gasteiger partial charge on any atom is 0.0278 e. The van der Waals surface area contributed by atoms with Gasteiger partial charge in [-0.15, -0.1) is 0 Å². The molecule has 2 rings (SSSR count). The highest BCUT2D eigenvalue weighted by Crippen LogP contribution is 2.71. The van der Waals surface area contributed by atoms with Gasteiger partial charge >= 0.3 is 0 Å². The van der Waals surface area contributed by atoms with Crippen molar-refractivity contribution in [3.8, 4) is 0 Å². The first-order valence-electron chi connectivity index (χ1n) is 4.60. The van der Waals surface area contributed by atoms with Crippen LogP contribution in [0.2, 0.25) is 0 Å². The normalized spacial score (nSPS) is 53.5. The van der Waals surface area contributed by atoms with Gasteiger partial charge in [-0.25, -0.2) is 0 Å². The van der Waals surface area contributed by atoms with Crippen LogP contribution in [-0.4, -0.2) is 3.42 Å². The molecule has 64 valence electrons. The molecule has 0 heterocycles. The average Bonchev–Trinajstić information content (AvgIpc) is 2.19. The van der Waals surface area contributed by atoms with Gasteiger partial charge in [0.1, 0.15) is 0 Å². The molecular weight excluding hydrogens is 247 g/mol. The molecule has 2 fully saturated rings. The Balaban J connectivity index is 2.46. The quantitative estimate of drug-likeness (QED) is 0.461. The Kier molecular flexibility index (Phi) is 1.49. The first-order valence-corrected chi connectivity index (χ1v) is 5.68. The van der Waals surface area contributed by atoms with Gasteiger partial charge in [0.15, 0.2) is 0 Å². The highest BCUT2D eigenvalue weighted by molar-refractivity contribution is 14.1. The maximum atomic E-state index is 2.72. The minimum Gasteiger partial charge on any atom is -0.0783 e. The zero-order chi connectivity index (χ0) is 8.33. The Morgan fingerprint density at radius 3 is 1.45 bits per heavy atom. The van der Waals surface area contributed by atoms with Crippen molar-refractivity contribution in [2.45, 2.75) is 49.9 Å². The van der Waals surface area contributed by atoms with Crippen LogP contribution in [0, 0.1) is 10.8 Å². The third kappa shape index (κ3) is 0.763. The van der Waals surface area contributed by atoms with Gasteiger partial charge in [0.05, 0.1) is 0 Å². The topological polar surface area (TPSA) is 0 Å². The summed E-state index contributed by atoms with van der Waals surface area (Å²) in [7, 11) is 0. The molecule has 11 heavy (non-hydrogen) atoms. The summed E-state index contributed by atoms with van der Waals surface area (Å²) < 4.78 is 0.638. The van der Waals surface area contributed by atoms with E-state index in [4.69, 9.17) is 0 Å². The van der Waals surface area contributed by atoms with E-state index in [0.29, 0.717) is 14.3 Å². The third-order valence-electron chi connectivity index (χ3n) is 4.78. The van der Waals surface area contributed by atoms with Crippen molar-refractivity contribution >= 4 is 22.6 Å². The summed E-state index contributed by atoms with van der Waals surface area (Å²) in [6.07, 6.45) is 5.83. The fraction of sp³-hybridized carbons (Fsp3) is 1.00. The van der Waals surface area contributed by atoms with Crippen molar-refractivity contribution in [3.63, 3.8) is 0 Å². The highest BCUT2D eigenvalue weighted by Gasteiger charge is 2.63. The van der Waals surface area contributed by atoms with E-state index in [0.717, 1.165) is 0 Å².